The normalized spacial score (nSPS) is 16.8. The van der Waals surface area contributed by atoms with Crippen LogP contribution in [0.2, 0.25) is 0 Å². The zero-order valence-electron chi connectivity index (χ0n) is 14.2. The molecular weight excluding hydrogens is 296 g/mol. The first-order chi connectivity index (χ1) is 11.6. The van der Waals surface area contributed by atoms with Crippen molar-refractivity contribution in [2.24, 2.45) is 0 Å². The van der Waals surface area contributed by atoms with Crippen LogP contribution in [-0.2, 0) is 12.8 Å². The lowest BCUT2D eigenvalue weighted by molar-refractivity contribution is 0.0719. The van der Waals surface area contributed by atoms with Crippen LogP contribution in [-0.4, -0.2) is 28.9 Å². The predicted molar refractivity (Wildman–Crippen MR) is 97.4 cm³/mol. The Kier molecular flexibility index (Phi) is 3.64. The van der Waals surface area contributed by atoms with Gasteiger partial charge in [-0.25, -0.2) is 0 Å². The monoisotopic (exact) mass is 318 g/mol. The number of hydrogen-bond donors (Lipinski definition) is 1. The third kappa shape index (κ3) is 2.50. The van der Waals surface area contributed by atoms with Crippen molar-refractivity contribution >= 4 is 16.8 Å². The van der Waals surface area contributed by atoms with Gasteiger partial charge in [-0.1, -0.05) is 35.9 Å². The van der Waals surface area contributed by atoms with E-state index in [1.54, 1.807) is 0 Å². The van der Waals surface area contributed by atoms with Gasteiger partial charge in [-0.05, 0) is 49.9 Å². The van der Waals surface area contributed by atoms with E-state index in [9.17, 15) is 4.79 Å². The molecular formula is C21H22N2O. The van der Waals surface area contributed by atoms with Gasteiger partial charge >= 0.3 is 0 Å². The summed E-state index contributed by atoms with van der Waals surface area (Å²) in [4.78, 5) is 18.3. The molecule has 0 fully saturated rings. The molecule has 1 aromatic heterocycles. The van der Waals surface area contributed by atoms with Crippen LogP contribution < -0.4 is 0 Å². The summed E-state index contributed by atoms with van der Waals surface area (Å²) in [7, 11) is 1.94. The number of rotatable bonds is 2. The van der Waals surface area contributed by atoms with Crippen LogP contribution in [0.5, 0.6) is 0 Å². The lowest BCUT2D eigenvalue weighted by atomic mass is 9.90. The van der Waals surface area contributed by atoms with Crippen molar-refractivity contribution in [3.05, 3.63) is 70.9 Å². The highest BCUT2D eigenvalue weighted by Crippen LogP contribution is 2.31. The minimum Gasteiger partial charge on any atom is -0.358 e. The van der Waals surface area contributed by atoms with Crippen molar-refractivity contribution in [1.29, 1.82) is 0 Å². The second-order valence-electron chi connectivity index (χ2n) is 6.81. The minimum absolute atomic E-state index is 0.114. The number of nitrogens with zero attached hydrogens (tertiary/aromatic N) is 1. The van der Waals surface area contributed by atoms with Crippen LogP contribution in [0.15, 0.2) is 48.5 Å². The molecule has 1 heterocycles. The van der Waals surface area contributed by atoms with E-state index in [-0.39, 0.29) is 11.9 Å². The zero-order chi connectivity index (χ0) is 16.7. The number of aromatic nitrogens is 1. The molecule has 1 aliphatic carbocycles. The fraction of sp³-hybridized carbons (Fsp3) is 0.286. The Morgan fingerprint density at radius 3 is 2.67 bits per heavy atom. The smallest absolute Gasteiger partial charge is 0.253 e. The quantitative estimate of drug-likeness (QED) is 0.758. The molecule has 24 heavy (non-hydrogen) atoms. The molecule has 0 spiro atoms. The largest absolute Gasteiger partial charge is 0.358 e. The Hall–Kier alpha value is -2.55. The predicted octanol–water partition coefficient (Wildman–Crippen LogP) is 4.11. The van der Waals surface area contributed by atoms with Crippen LogP contribution in [0.4, 0.5) is 0 Å². The molecule has 1 N–H and O–H groups in total. The van der Waals surface area contributed by atoms with E-state index >= 15 is 0 Å². The molecule has 3 heteroatoms. The van der Waals surface area contributed by atoms with Gasteiger partial charge in [0.05, 0.1) is 0 Å². The summed E-state index contributed by atoms with van der Waals surface area (Å²) in [5.41, 5.74) is 5.87. The molecule has 0 saturated heterocycles. The fourth-order valence-corrected chi connectivity index (χ4v) is 3.75. The molecule has 0 radical (unpaired) electrons. The van der Waals surface area contributed by atoms with Crippen molar-refractivity contribution in [2.45, 2.75) is 32.2 Å². The number of H-pyrrole nitrogens is 1. The summed E-state index contributed by atoms with van der Waals surface area (Å²) in [6.07, 6.45) is 2.93. The molecule has 122 valence electrons. The molecule has 1 aliphatic rings. The highest BCUT2D eigenvalue weighted by Gasteiger charge is 2.27. The van der Waals surface area contributed by atoms with Crippen LogP contribution >= 0.6 is 0 Å². The summed E-state index contributed by atoms with van der Waals surface area (Å²) >= 11 is 0. The van der Waals surface area contributed by atoms with Gasteiger partial charge in [0.1, 0.15) is 0 Å². The Morgan fingerprint density at radius 1 is 1.12 bits per heavy atom. The van der Waals surface area contributed by atoms with Gasteiger partial charge in [-0.2, -0.15) is 0 Å². The molecule has 1 unspecified atom stereocenters. The van der Waals surface area contributed by atoms with Crippen molar-refractivity contribution < 1.29 is 4.79 Å². The average molecular weight is 318 g/mol. The second-order valence-corrected chi connectivity index (χ2v) is 6.81. The van der Waals surface area contributed by atoms with E-state index in [0.29, 0.717) is 0 Å². The van der Waals surface area contributed by atoms with E-state index in [1.807, 2.05) is 43.1 Å². The Bertz CT molecular complexity index is 892. The van der Waals surface area contributed by atoms with E-state index in [1.165, 1.54) is 27.7 Å². The molecule has 0 aliphatic heterocycles. The summed E-state index contributed by atoms with van der Waals surface area (Å²) < 4.78 is 0. The minimum atomic E-state index is 0.114. The maximum atomic E-state index is 12.8. The van der Waals surface area contributed by atoms with Gasteiger partial charge < -0.3 is 9.88 Å². The molecule has 1 atom stereocenters. The first-order valence-corrected chi connectivity index (χ1v) is 8.56. The number of hydrogen-bond acceptors (Lipinski definition) is 1. The standard InChI is InChI=1S/C21H22N2O/c1-14-7-9-15(10-8-14)21(24)23(2)16-11-12-20-18(13-16)17-5-3-4-6-19(17)22-20/h3-10,16,22H,11-13H2,1-2H3. The first-order valence-electron chi connectivity index (χ1n) is 8.56. The number of likely N-dealkylation sites (N-methyl/N-ethyl adjacent to an activating group) is 1. The zero-order valence-corrected chi connectivity index (χ0v) is 14.2. The van der Waals surface area contributed by atoms with Gasteiger partial charge in [0, 0.05) is 35.2 Å². The van der Waals surface area contributed by atoms with Crippen LogP contribution in [0.1, 0.15) is 33.6 Å². The summed E-state index contributed by atoms with van der Waals surface area (Å²) in [6, 6.07) is 16.6. The van der Waals surface area contributed by atoms with Crippen molar-refractivity contribution in [3.8, 4) is 0 Å². The molecule has 0 saturated carbocycles. The van der Waals surface area contributed by atoms with E-state index in [0.717, 1.165) is 24.8 Å². The topological polar surface area (TPSA) is 36.1 Å². The van der Waals surface area contributed by atoms with Gasteiger partial charge in [0.25, 0.3) is 5.91 Å². The highest BCUT2D eigenvalue weighted by atomic mass is 16.2. The van der Waals surface area contributed by atoms with Gasteiger partial charge in [0.15, 0.2) is 0 Å². The maximum Gasteiger partial charge on any atom is 0.253 e. The number of nitrogens with one attached hydrogen (secondary N) is 1. The number of aromatic amines is 1. The molecule has 2 aromatic carbocycles. The Balaban J connectivity index is 1.59. The molecule has 4 rings (SSSR count). The van der Waals surface area contributed by atoms with Crippen LogP contribution in [0.3, 0.4) is 0 Å². The summed E-state index contributed by atoms with van der Waals surface area (Å²) in [6.45, 7) is 2.04. The maximum absolute atomic E-state index is 12.8. The molecule has 3 nitrogen and oxygen atoms in total. The van der Waals surface area contributed by atoms with Crippen molar-refractivity contribution in [3.63, 3.8) is 0 Å². The second kappa shape index (κ2) is 5.82. The van der Waals surface area contributed by atoms with E-state index in [2.05, 4.69) is 29.2 Å². The fourth-order valence-electron chi connectivity index (χ4n) is 3.75. The Morgan fingerprint density at radius 2 is 1.88 bits per heavy atom. The molecule has 0 bridgehead atoms. The third-order valence-corrected chi connectivity index (χ3v) is 5.24. The number of amides is 1. The van der Waals surface area contributed by atoms with Crippen molar-refractivity contribution in [2.75, 3.05) is 7.05 Å². The molecule has 1 amide bonds. The number of aryl methyl sites for hydroxylation is 2. The summed E-state index contributed by atoms with van der Waals surface area (Å²) in [5.74, 6) is 0.114. The number of carbonyl (C=O) groups is 1. The average Bonchev–Trinajstić information content (AvgIpc) is 2.99. The number of fused-ring (bicyclic) bond motifs is 3. The first kappa shape index (κ1) is 15.0. The van der Waals surface area contributed by atoms with Crippen LogP contribution in [0, 0.1) is 6.92 Å². The Labute approximate surface area is 142 Å². The van der Waals surface area contributed by atoms with E-state index < -0.39 is 0 Å². The lowest BCUT2D eigenvalue weighted by Gasteiger charge is -2.31. The lowest BCUT2D eigenvalue weighted by Crippen LogP contribution is -2.40. The SMILES string of the molecule is Cc1ccc(C(=O)N(C)C2CCc3[nH]c4ccccc4c3C2)cc1. The summed E-state index contributed by atoms with van der Waals surface area (Å²) in [5, 5.41) is 1.30. The highest BCUT2D eigenvalue weighted by molar-refractivity contribution is 5.94. The number of para-hydroxylation sites is 1. The molecule has 3 aromatic rings. The van der Waals surface area contributed by atoms with Crippen molar-refractivity contribution in [1.82, 2.24) is 9.88 Å². The van der Waals surface area contributed by atoms with Gasteiger partial charge in [-0.3, -0.25) is 4.79 Å². The van der Waals surface area contributed by atoms with E-state index in [4.69, 9.17) is 0 Å². The number of carbonyl (C=O) groups excluding carboxylic acids is 1. The van der Waals surface area contributed by atoms with Crippen LogP contribution in [0.25, 0.3) is 10.9 Å². The third-order valence-electron chi connectivity index (χ3n) is 5.24. The number of benzene rings is 2. The van der Waals surface area contributed by atoms with Gasteiger partial charge in [0.2, 0.25) is 0 Å². The van der Waals surface area contributed by atoms with Gasteiger partial charge in [-0.15, -0.1) is 0 Å².